The maximum absolute atomic E-state index is 13.6. The van der Waals surface area contributed by atoms with Crippen LogP contribution < -0.4 is 21.3 Å². The van der Waals surface area contributed by atoms with Gasteiger partial charge >= 0.3 is 0 Å². The maximum atomic E-state index is 13.6. The van der Waals surface area contributed by atoms with Crippen LogP contribution in [0.1, 0.15) is 18.0 Å². The van der Waals surface area contributed by atoms with Crippen LogP contribution >= 0.6 is 0 Å². The lowest BCUT2D eigenvalue weighted by molar-refractivity contribution is -0.122. The van der Waals surface area contributed by atoms with E-state index in [9.17, 15) is 13.6 Å². The lowest BCUT2D eigenvalue weighted by atomic mass is 10.0. The summed E-state index contributed by atoms with van der Waals surface area (Å²) in [5.41, 5.74) is 10.3. The summed E-state index contributed by atoms with van der Waals surface area (Å²) in [4.78, 5) is 11.3. The van der Waals surface area contributed by atoms with Gasteiger partial charge in [-0.25, -0.2) is 14.2 Å². The topological polar surface area (TPSA) is 76.4 Å². The zero-order valence-electron chi connectivity index (χ0n) is 10.1. The Hall–Kier alpha value is -1.73. The second kappa shape index (κ2) is 6.27. The highest BCUT2D eigenvalue weighted by Gasteiger charge is 2.18. The second-order valence-electron chi connectivity index (χ2n) is 3.62. The lowest BCUT2D eigenvalue weighted by Gasteiger charge is -2.14. The zero-order chi connectivity index (χ0) is 13.7. The van der Waals surface area contributed by atoms with Gasteiger partial charge in [-0.3, -0.25) is 10.2 Å². The predicted molar refractivity (Wildman–Crippen MR) is 61.7 cm³/mol. The maximum Gasteiger partial charge on any atom is 0.235 e. The van der Waals surface area contributed by atoms with Gasteiger partial charge in [0.2, 0.25) is 5.91 Å². The number of nitrogens with one attached hydrogen (secondary N) is 2. The van der Waals surface area contributed by atoms with Gasteiger partial charge in [0.1, 0.15) is 5.82 Å². The van der Waals surface area contributed by atoms with E-state index >= 15 is 0 Å². The molecule has 0 aliphatic heterocycles. The molecule has 0 fully saturated rings. The first-order chi connectivity index (χ1) is 8.49. The molecule has 0 aliphatic rings. The van der Waals surface area contributed by atoms with Crippen LogP contribution in [0, 0.1) is 11.6 Å². The number of hydrogen-bond acceptors (Lipinski definition) is 4. The summed E-state index contributed by atoms with van der Waals surface area (Å²) in [6.07, 6.45) is -0.163. The first kappa shape index (κ1) is 14.3. The quantitative estimate of drug-likeness (QED) is 0.677. The smallest absolute Gasteiger partial charge is 0.235 e. The SMILES string of the molecule is CNNC(=O)CC(N)c1cc(F)c(OC)cc1F. The fourth-order valence-corrected chi connectivity index (χ4v) is 1.48. The van der Waals surface area contributed by atoms with Gasteiger partial charge in [0.25, 0.3) is 0 Å². The van der Waals surface area contributed by atoms with Crippen LogP contribution in [0.25, 0.3) is 0 Å². The van der Waals surface area contributed by atoms with E-state index in [-0.39, 0.29) is 17.7 Å². The van der Waals surface area contributed by atoms with Crippen LogP contribution in [0.5, 0.6) is 5.75 Å². The monoisotopic (exact) mass is 259 g/mol. The van der Waals surface area contributed by atoms with E-state index in [0.29, 0.717) is 0 Å². The van der Waals surface area contributed by atoms with E-state index in [1.54, 1.807) is 0 Å². The number of rotatable bonds is 5. The average molecular weight is 259 g/mol. The van der Waals surface area contributed by atoms with Crippen molar-refractivity contribution in [2.45, 2.75) is 12.5 Å². The molecule has 0 aliphatic carbocycles. The number of ether oxygens (including phenoxy) is 1. The number of benzene rings is 1. The Morgan fingerprint density at radius 1 is 1.44 bits per heavy atom. The number of halogens is 2. The molecule has 1 aromatic rings. The minimum atomic E-state index is -0.932. The van der Waals surface area contributed by atoms with Crippen molar-refractivity contribution in [3.05, 3.63) is 29.3 Å². The van der Waals surface area contributed by atoms with Gasteiger partial charge in [-0.1, -0.05) is 0 Å². The standard InChI is InChI=1S/C11H15F2N3O2/c1-15-16-11(17)5-9(14)6-3-8(13)10(18-2)4-7(6)12/h3-4,9,15H,5,14H2,1-2H3,(H,16,17). The number of amides is 1. The zero-order valence-corrected chi connectivity index (χ0v) is 10.1. The molecule has 0 saturated carbocycles. The Morgan fingerprint density at radius 3 is 2.67 bits per heavy atom. The van der Waals surface area contributed by atoms with Crippen LogP contribution in [0.2, 0.25) is 0 Å². The average Bonchev–Trinajstić information content (AvgIpc) is 2.31. The molecule has 4 N–H and O–H groups in total. The molecular weight excluding hydrogens is 244 g/mol. The molecule has 0 bridgehead atoms. The van der Waals surface area contributed by atoms with Gasteiger partial charge < -0.3 is 10.5 Å². The molecule has 100 valence electrons. The fraction of sp³-hybridized carbons (Fsp3) is 0.364. The summed E-state index contributed by atoms with van der Waals surface area (Å²) in [6, 6.07) is 0.908. The summed E-state index contributed by atoms with van der Waals surface area (Å²) >= 11 is 0. The number of nitrogens with two attached hydrogens (primary N) is 1. The third-order valence-corrected chi connectivity index (χ3v) is 2.34. The lowest BCUT2D eigenvalue weighted by Crippen LogP contribution is -2.36. The van der Waals surface area contributed by atoms with E-state index in [4.69, 9.17) is 5.73 Å². The van der Waals surface area contributed by atoms with E-state index < -0.39 is 23.6 Å². The Morgan fingerprint density at radius 2 is 2.11 bits per heavy atom. The molecule has 7 heteroatoms. The Balaban J connectivity index is 2.89. The van der Waals surface area contributed by atoms with Crippen molar-refractivity contribution in [2.75, 3.05) is 14.2 Å². The van der Waals surface area contributed by atoms with Gasteiger partial charge in [0.15, 0.2) is 11.6 Å². The van der Waals surface area contributed by atoms with Crippen molar-refractivity contribution < 1.29 is 18.3 Å². The van der Waals surface area contributed by atoms with Crippen molar-refractivity contribution in [3.63, 3.8) is 0 Å². The van der Waals surface area contributed by atoms with Gasteiger partial charge in [0, 0.05) is 31.1 Å². The van der Waals surface area contributed by atoms with Crippen LogP contribution in [0.4, 0.5) is 8.78 Å². The Labute approximate surface area is 103 Å². The number of carbonyl (C=O) groups is 1. The Bertz CT molecular complexity index is 441. The molecule has 1 aromatic carbocycles. The molecule has 0 heterocycles. The predicted octanol–water partition coefficient (Wildman–Crippen LogP) is 0.614. The largest absolute Gasteiger partial charge is 0.494 e. The van der Waals surface area contributed by atoms with Crippen LogP contribution in [-0.4, -0.2) is 20.1 Å². The van der Waals surface area contributed by atoms with E-state index in [1.807, 2.05) is 0 Å². The summed E-state index contributed by atoms with van der Waals surface area (Å²) < 4.78 is 31.7. The fourth-order valence-electron chi connectivity index (χ4n) is 1.48. The molecule has 1 atom stereocenters. The molecule has 0 aromatic heterocycles. The van der Waals surface area contributed by atoms with Crippen molar-refractivity contribution in [1.29, 1.82) is 0 Å². The van der Waals surface area contributed by atoms with Crippen molar-refractivity contribution >= 4 is 5.91 Å². The van der Waals surface area contributed by atoms with Crippen LogP contribution in [-0.2, 0) is 4.79 Å². The summed E-state index contributed by atoms with van der Waals surface area (Å²) in [7, 11) is 2.74. The van der Waals surface area contributed by atoms with Crippen LogP contribution in [0.3, 0.4) is 0 Å². The minimum absolute atomic E-state index is 0.0699. The molecule has 1 amide bonds. The van der Waals surface area contributed by atoms with E-state index in [1.165, 1.54) is 14.2 Å². The molecule has 0 radical (unpaired) electrons. The molecule has 5 nitrogen and oxygen atoms in total. The van der Waals surface area contributed by atoms with E-state index in [0.717, 1.165) is 12.1 Å². The van der Waals surface area contributed by atoms with E-state index in [2.05, 4.69) is 15.6 Å². The molecular formula is C11H15F2N3O2. The number of methoxy groups -OCH3 is 1. The first-order valence-electron chi connectivity index (χ1n) is 5.23. The van der Waals surface area contributed by atoms with Crippen molar-refractivity contribution in [3.8, 4) is 5.75 Å². The number of carbonyl (C=O) groups excluding carboxylic acids is 1. The molecule has 1 rings (SSSR count). The third-order valence-electron chi connectivity index (χ3n) is 2.34. The number of hydrogen-bond donors (Lipinski definition) is 3. The first-order valence-corrected chi connectivity index (χ1v) is 5.23. The molecule has 1 unspecified atom stereocenters. The molecule has 0 saturated heterocycles. The van der Waals surface area contributed by atoms with Crippen LogP contribution in [0.15, 0.2) is 12.1 Å². The van der Waals surface area contributed by atoms with Crippen molar-refractivity contribution in [1.82, 2.24) is 10.9 Å². The summed E-state index contributed by atoms with van der Waals surface area (Å²) in [6.45, 7) is 0. The molecule has 18 heavy (non-hydrogen) atoms. The highest BCUT2D eigenvalue weighted by Crippen LogP contribution is 2.25. The van der Waals surface area contributed by atoms with Gasteiger partial charge in [-0.2, -0.15) is 0 Å². The normalized spacial score (nSPS) is 12.1. The Kier molecular flexibility index (Phi) is 4.99. The number of hydrazine groups is 1. The summed E-state index contributed by atoms with van der Waals surface area (Å²) in [5, 5.41) is 0. The van der Waals surface area contributed by atoms with Crippen molar-refractivity contribution in [2.24, 2.45) is 5.73 Å². The van der Waals surface area contributed by atoms with Gasteiger partial charge in [0.05, 0.1) is 7.11 Å². The highest BCUT2D eigenvalue weighted by atomic mass is 19.1. The second-order valence-corrected chi connectivity index (χ2v) is 3.62. The minimum Gasteiger partial charge on any atom is -0.494 e. The molecule has 0 spiro atoms. The van der Waals surface area contributed by atoms with Gasteiger partial charge in [-0.05, 0) is 6.07 Å². The third kappa shape index (κ3) is 3.38. The summed E-state index contributed by atoms with van der Waals surface area (Å²) in [5.74, 6) is -2.06. The van der Waals surface area contributed by atoms with Gasteiger partial charge in [-0.15, -0.1) is 0 Å². The highest BCUT2D eigenvalue weighted by molar-refractivity contribution is 5.76.